The molecule has 0 aromatic carbocycles. The summed E-state index contributed by atoms with van der Waals surface area (Å²) < 4.78 is 1.78. The van der Waals surface area contributed by atoms with Crippen molar-refractivity contribution >= 4 is 14.0 Å². The number of imidazole rings is 1. The molecule has 1 aromatic rings. The molecule has 1 heterocycles. The van der Waals surface area contributed by atoms with Gasteiger partial charge in [0.05, 0.1) is 25.6 Å². The second kappa shape index (κ2) is 3.57. The molecule has 1 rings (SSSR count). The first-order chi connectivity index (χ1) is 6.32. The fourth-order valence-electron chi connectivity index (χ4n) is 1.52. The average Bonchev–Trinajstić information content (AvgIpc) is 2.31. The van der Waals surface area contributed by atoms with Gasteiger partial charge in [-0.1, -0.05) is 19.6 Å². The van der Waals surface area contributed by atoms with Crippen LogP contribution in [-0.4, -0.2) is 28.7 Å². The van der Waals surface area contributed by atoms with Crippen LogP contribution in [0.15, 0.2) is 12.5 Å². The number of aliphatic carboxylic acids is 1. The van der Waals surface area contributed by atoms with Crippen LogP contribution < -0.4 is 0 Å². The van der Waals surface area contributed by atoms with Crippen molar-refractivity contribution < 1.29 is 9.90 Å². The summed E-state index contributed by atoms with van der Waals surface area (Å²) in [5.74, 6) is -0.761. The number of nitrogens with zero attached hydrogens (tertiary/aromatic N) is 2. The lowest BCUT2D eigenvalue weighted by Gasteiger charge is -2.23. The first-order valence-electron chi connectivity index (χ1n) is 4.53. The van der Waals surface area contributed by atoms with E-state index in [0.29, 0.717) is 5.69 Å². The lowest BCUT2D eigenvalue weighted by Crippen LogP contribution is -2.36. The highest BCUT2D eigenvalue weighted by Crippen LogP contribution is 2.25. The molecule has 0 spiro atoms. The van der Waals surface area contributed by atoms with Crippen molar-refractivity contribution in [3.63, 3.8) is 0 Å². The summed E-state index contributed by atoms with van der Waals surface area (Å²) in [6.45, 7) is 6.13. The summed E-state index contributed by atoms with van der Waals surface area (Å²) in [5.41, 5.74) is 0.267. The minimum Gasteiger partial charge on any atom is -0.481 e. The van der Waals surface area contributed by atoms with E-state index in [0.717, 1.165) is 0 Å². The Bertz CT molecular complexity index is 341. The monoisotopic (exact) mass is 212 g/mol. The van der Waals surface area contributed by atoms with Gasteiger partial charge in [-0.2, -0.15) is 0 Å². The number of carbonyl (C=O) groups is 1. The molecule has 0 fully saturated rings. The predicted molar refractivity (Wildman–Crippen MR) is 56.9 cm³/mol. The summed E-state index contributed by atoms with van der Waals surface area (Å²) in [6, 6.07) is 0. The van der Waals surface area contributed by atoms with Crippen molar-refractivity contribution in [1.82, 2.24) is 9.55 Å². The normalized spacial score (nSPS) is 14.0. The third-order valence-corrected chi connectivity index (χ3v) is 4.41. The van der Waals surface area contributed by atoms with Gasteiger partial charge in [0.2, 0.25) is 0 Å². The molecule has 0 aliphatic heterocycles. The van der Waals surface area contributed by atoms with Crippen LogP contribution in [0.1, 0.15) is 11.2 Å². The molecule has 0 aliphatic carbocycles. The highest BCUT2D eigenvalue weighted by molar-refractivity contribution is 6.80. The maximum atomic E-state index is 11.1. The van der Waals surface area contributed by atoms with Crippen molar-refractivity contribution in [2.75, 3.05) is 0 Å². The largest absolute Gasteiger partial charge is 0.481 e. The molecule has 0 saturated carbocycles. The van der Waals surface area contributed by atoms with Crippen molar-refractivity contribution in [2.24, 2.45) is 7.05 Å². The predicted octanol–water partition coefficient (Wildman–Crippen LogP) is 1.47. The molecule has 4 nitrogen and oxygen atoms in total. The maximum Gasteiger partial charge on any atom is 0.309 e. The van der Waals surface area contributed by atoms with Gasteiger partial charge < -0.3 is 9.67 Å². The maximum absolute atomic E-state index is 11.1. The van der Waals surface area contributed by atoms with E-state index in [1.54, 1.807) is 17.1 Å². The van der Waals surface area contributed by atoms with Crippen molar-refractivity contribution in [1.29, 1.82) is 0 Å². The molecule has 1 unspecified atom stereocenters. The summed E-state index contributed by atoms with van der Waals surface area (Å²) in [4.78, 5) is 15.3. The van der Waals surface area contributed by atoms with Crippen LogP contribution in [0.3, 0.4) is 0 Å². The Morgan fingerprint density at radius 3 is 2.43 bits per heavy atom. The molecule has 0 bridgehead atoms. The van der Waals surface area contributed by atoms with Crippen LogP contribution in [0.25, 0.3) is 0 Å². The second-order valence-corrected chi connectivity index (χ2v) is 9.91. The lowest BCUT2D eigenvalue weighted by atomic mass is 10.3. The molecule has 0 radical (unpaired) electrons. The summed E-state index contributed by atoms with van der Waals surface area (Å²) in [7, 11) is 0.0943. The molecule has 78 valence electrons. The van der Waals surface area contributed by atoms with E-state index in [9.17, 15) is 4.79 Å². The fraction of sp³-hybridized carbons (Fsp3) is 0.556. The Hall–Kier alpha value is -1.10. The number of aryl methyl sites for hydroxylation is 1. The number of aromatic nitrogens is 2. The molecule has 0 saturated heterocycles. The van der Waals surface area contributed by atoms with E-state index in [4.69, 9.17) is 5.11 Å². The highest BCUT2D eigenvalue weighted by atomic mass is 28.3. The number of carboxylic acids is 1. The zero-order chi connectivity index (χ0) is 10.9. The average molecular weight is 212 g/mol. The van der Waals surface area contributed by atoms with E-state index in [2.05, 4.69) is 4.98 Å². The quantitative estimate of drug-likeness (QED) is 0.772. The van der Waals surface area contributed by atoms with Crippen LogP contribution in [0.5, 0.6) is 0 Å². The van der Waals surface area contributed by atoms with E-state index in [1.165, 1.54) is 0 Å². The highest BCUT2D eigenvalue weighted by Gasteiger charge is 2.35. The standard InChI is InChI=1S/C9H16N2O2Si/c1-11-5-7(10-6-11)8(9(12)13)14(2,3)4/h5-6,8H,1-4H3,(H,12,13). The summed E-state index contributed by atoms with van der Waals surface area (Å²) in [5, 5.41) is 9.16. The molecule has 1 N–H and O–H groups in total. The molecule has 1 aromatic heterocycles. The second-order valence-electron chi connectivity index (χ2n) is 4.60. The van der Waals surface area contributed by atoms with Gasteiger partial charge in [-0.25, -0.2) is 4.98 Å². The number of hydrogen-bond acceptors (Lipinski definition) is 2. The van der Waals surface area contributed by atoms with Crippen LogP contribution in [0.4, 0.5) is 0 Å². The topological polar surface area (TPSA) is 55.1 Å². The fourth-order valence-corrected chi connectivity index (χ4v) is 3.30. The van der Waals surface area contributed by atoms with Gasteiger partial charge in [-0.3, -0.25) is 4.79 Å². The SMILES string of the molecule is Cn1cnc(C(C(=O)O)[Si](C)(C)C)c1. The molecule has 1 atom stereocenters. The first kappa shape index (κ1) is 11.0. The van der Waals surface area contributed by atoms with Crippen molar-refractivity contribution in [2.45, 2.75) is 25.2 Å². The van der Waals surface area contributed by atoms with E-state index in [-0.39, 0.29) is 0 Å². The Balaban J connectivity index is 3.07. The van der Waals surface area contributed by atoms with E-state index < -0.39 is 19.6 Å². The third-order valence-electron chi connectivity index (χ3n) is 2.13. The number of rotatable bonds is 3. The van der Waals surface area contributed by atoms with E-state index >= 15 is 0 Å². The van der Waals surface area contributed by atoms with Gasteiger partial charge in [-0.05, 0) is 0 Å². The minimum absolute atomic E-state index is 0.413. The third kappa shape index (κ3) is 2.23. The van der Waals surface area contributed by atoms with Crippen molar-refractivity contribution in [3.8, 4) is 0 Å². The molecular formula is C9H16N2O2Si. The molecule has 14 heavy (non-hydrogen) atoms. The van der Waals surface area contributed by atoms with Gasteiger partial charge >= 0.3 is 5.97 Å². The lowest BCUT2D eigenvalue weighted by molar-refractivity contribution is -0.137. The summed E-state index contributed by atoms with van der Waals surface area (Å²) >= 11 is 0. The molecule has 0 aliphatic rings. The van der Waals surface area contributed by atoms with Crippen molar-refractivity contribution in [3.05, 3.63) is 18.2 Å². The zero-order valence-electron chi connectivity index (χ0n) is 8.98. The van der Waals surface area contributed by atoms with Crippen LogP contribution in [0, 0.1) is 0 Å². The van der Waals surface area contributed by atoms with Crippen LogP contribution in [0.2, 0.25) is 19.6 Å². The Morgan fingerprint density at radius 2 is 2.14 bits per heavy atom. The number of hydrogen-bond donors (Lipinski definition) is 1. The molecule has 0 amide bonds. The summed E-state index contributed by atoms with van der Waals surface area (Å²) in [6.07, 6.45) is 3.43. The Kier molecular flexibility index (Phi) is 2.80. The van der Waals surface area contributed by atoms with Crippen LogP contribution >= 0.6 is 0 Å². The minimum atomic E-state index is -1.75. The van der Waals surface area contributed by atoms with Gasteiger partial charge in [0.1, 0.15) is 0 Å². The smallest absolute Gasteiger partial charge is 0.309 e. The van der Waals surface area contributed by atoms with E-state index in [1.807, 2.05) is 26.7 Å². The van der Waals surface area contributed by atoms with Gasteiger partial charge in [0.25, 0.3) is 0 Å². The Labute approximate surface area is 84.6 Å². The zero-order valence-corrected chi connectivity index (χ0v) is 9.98. The van der Waals surface area contributed by atoms with Gasteiger partial charge in [0, 0.05) is 13.2 Å². The Morgan fingerprint density at radius 1 is 1.57 bits per heavy atom. The molecule has 5 heteroatoms. The van der Waals surface area contributed by atoms with Gasteiger partial charge in [0.15, 0.2) is 0 Å². The van der Waals surface area contributed by atoms with Gasteiger partial charge in [-0.15, -0.1) is 0 Å². The van der Waals surface area contributed by atoms with Crippen LogP contribution in [-0.2, 0) is 11.8 Å². The number of carboxylic acid groups (broad SMARTS) is 1. The molecular weight excluding hydrogens is 196 g/mol. The first-order valence-corrected chi connectivity index (χ1v) is 8.11.